The molecule has 4 rings (SSSR count). The molecule has 1 aliphatic rings. The highest BCUT2D eigenvalue weighted by Crippen LogP contribution is 2.30. The van der Waals surface area contributed by atoms with E-state index in [9.17, 15) is 9.59 Å². The van der Waals surface area contributed by atoms with Crippen molar-refractivity contribution >= 4 is 34.8 Å². The Morgan fingerprint density at radius 2 is 1.77 bits per heavy atom. The second-order valence-corrected chi connectivity index (χ2v) is 7.86. The van der Waals surface area contributed by atoms with Crippen LogP contribution in [0.15, 0.2) is 67.0 Å². The zero-order valence-corrected chi connectivity index (χ0v) is 18.0. The van der Waals surface area contributed by atoms with Gasteiger partial charge in [-0.15, -0.1) is 0 Å². The number of hydrogen-bond acceptors (Lipinski definition) is 4. The number of aryl methyl sites for hydroxylation is 1. The average molecular weight is 435 g/mol. The number of halogens is 1. The Labute approximate surface area is 186 Å². The molecule has 0 bridgehead atoms. The molecule has 6 nitrogen and oxygen atoms in total. The van der Waals surface area contributed by atoms with Crippen LogP contribution in [-0.2, 0) is 0 Å². The highest BCUT2D eigenvalue weighted by atomic mass is 35.5. The summed E-state index contributed by atoms with van der Waals surface area (Å²) in [5, 5.41) is 3.40. The smallest absolute Gasteiger partial charge is 0.257 e. The molecule has 2 heterocycles. The van der Waals surface area contributed by atoms with Gasteiger partial charge < -0.3 is 15.1 Å². The van der Waals surface area contributed by atoms with Gasteiger partial charge in [0.25, 0.3) is 11.8 Å². The molecule has 0 unspecified atom stereocenters. The summed E-state index contributed by atoms with van der Waals surface area (Å²) >= 11 is 6.52. The fourth-order valence-electron chi connectivity index (χ4n) is 3.68. The number of aromatic nitrogens is 1. The van der Waals surface area contributed by atoms with Crippen LogP contribution in [0, 0.1) is 6.92 Å². The number of pyridine rings is 1. The number of hydrogen-bond donors (Lipinski definition) is 1. The highest BCUT2D eigenvalue weighted by molar-refractivity contribution is 6.33. The summed E-state index contributed by atoms with van der Waals surface area (Å²) in [4.78, 5) is 33.2. The van der Waals surface area contributed by atoms with Crippen molar-refractivity contribution in [3.63, 3.8) is 0 Å². The van der Waals surface area contributed by atoms with Crippen LogP contribution in [0.2, 0.25) is 5.02 Å². The van der Waals surface area contributed by atoms with Gasteiger partial charge in [0, 0.05) is 49.8 Å². The van der Waals surface area contributed by atoms with E-state index in [0.717, 1.165) is 16.8 Å². The second kappa shape index (κ2) is 9.18. The fourth-order valence-corrected chi connectivity index (χ4v) is 3.98. The van der Waals surface area contributed by atoms with E-state index >= 15 is 0 Å². The molecule has 0 saturated carbocycles. The minimum Gasteiger partial charge on any atom is -0.367 e. The Morgan fingerprint density at radius 1 is 1.00 bits per heavy atom. The Hall–Kier alpha value is -3.38. The molecule has 31 heavy (non-hydrogen) atoms. The molecule has 158 valence electrons. The van der Waals surface area contributed by atoms with Crippen LogP contribution in [-0.4, -0.2) is 47.9 Å². The minimum atomic E-state index is -0.236. The number of piperazine rings is 1. The van der Waals surface area contributed by atoms with Crippen molar-refractivity contribution in [2.45, 2.75) is 6.92 Å². The molecular weight excluding hydrogens is 412 g/mol. The van der Waals surface area contributed by atoms with Crippen LogP contribution >= 0.6 is 11.6 Å². The molecular formula is C24H23ClN4O2. The first kappa shape index (κ1) is 20.9. The van der Waals surface area contributed by atoms with Crippen LogP contribution in [0.5, 0.6) is 0 Å². The van der Waals surface area contributed by atoms with E-state index in [-0.39, 0.29) is 11.8 Å². The van der Waals surface area contributed by atoms with Crippen molar-refractivity contribution in [1.29, 1.82) is 0 Å². The van der Waals surface area contributed by atoms with Crippen LogP contribution in [0.1, 0.15) is 26.3 Å². The summed E-state index contributed by atoms with van der Waals surface area (Å²) in [7, 11) is 0. The van der Waals surface area contributed by atoms with Gasteiger partial charge in [-0.1, -0.05) is 29.8 Å². The van der Waals surface area contributed by atoms with Crippen molar-refractivity contribution in [3.8, 4) is 0 Å². The largest absolute Gasteiger partial charge is 0.367 e. The molecule has 3 aromatic rings. The van der Waals surface area contributed by atoms with Gasteiger partial charge in [-0.2, -0.15) is 0 Å². The van der Waals surface area contributed by atoms with Crippen LogP contribution < -0.4 is 10.2 Å². The van der Waals surface area contributed by atoms with E-state index in [1.807, 2.05) is 48.2 Å². The number of carbonyl (C=O) groups excluding carboxylic acids is 2. The standard InChI is InChI=1S/C24H23ClN4O2/c1-17-5-2-3-7-20(17)24(31)29-13-11-28(12-14-29)22-9-8-19(15-21(22)25)27-23(30)18-6-4-10-26-16-18/h2-10,15-16H,11-14H2,1H3,(H,27,30). The lowest BCUT2D eigenvalue weighted by Gasteiger charge is -2.36. The predicted molar refractivity (Wildman–Crippen MR) is 123 cm³/mol. The number of anilines is 2. The molecule has 1 fully saturated rings. The number of nitrogens with one attached hydrogen (secondary N) is 1. The van der Waals surface area contributed by atoms with Gasteiger partial charge in [-0.05, 0) is 48.9 Å². The van der Waals surface area contributed by atoms with E-state index in [4.69, 9.17) is 11.6 Å². The van der Waals surface area contributed by atoms with Crippen LogP contribution in [0.4, 0.5) is 11.4 Å². The van der Waals surface area contributed by atoms with Gasteiger partial charge in [0.1, 0.15) is 0 Å². The Balaban J connectivity index is 1.39. The first-order valence-corrected chi connectivity index (χ1v) is 10.5. The molecule has 7 heteroatoms. The molecule has 1 N–H and O–H groups in total. The Kier molecular flexibility index (Phi) is 6.18. The van der Waals surface area contributed by atoms with Crippen molar-refractivity contribution < 1.29 is 9.59 Å². The maximum atomic E-state index is 12.8. The van der Waals surface area contributed by atoms with Gasteiger partial charge in [0.2, 0.25) is 0 Å². The number of carbonyl (C=O) groups is 2. The molecule has 1 saturated heterocycles. The fraction of sp³-hybridized carbons (Fsp3) is 0.208. The summed E-state index contributed by atoms with van der Waals surface area (Å²) < 4.78 is 0. The lowest BCUT2D eigenvalue weighted by Crippen LogP contribution is -2.49. The van der Waals surface area contributed by atoms with E-state index in [1.165, 1.54) is 6.20 Å². The number of benzene rings is 2. The maximum absolute atomic E-state index is 12.8. The first-order chi connectivity index (χ1) is 15.0. The van der Waals surface area contributed by atoms with Gasteiger partial charge in [-0.3, -0.25) is 14.6 Å². The van der Waals surface area contributed by atoms with E-state index < -0.39 is 0 Å². The molecule has 0 spiro atoms. The second-order valence-electron chi connectivity index (χ2n) is 7.46. The van der Waals surface area contributed by atoms with Crippen LogP contribution in [0.3, 0.4) is 0 Å². The quantitative estimate of drug-likeness (QED) is 0.666. The Bertz CT molecular complexity index is 1100. The highest BCUT2D eigenvalue weighted by Gasteiger charge is 2.24. The summed E-state index contributed by atoms with van der Waals surface area (Å²) in [5.74, 6) is -0.169. The summed E-state index contributed by atoms with van der Waals surface area (Å²) in [5.41, 5.74) is 3.74. The van der Waals surface area contributed by atoms with Crippen molar-refractivity contribution in [3.05, 3.63) is 88.7 Å². The topological polar surface area (TPSA) is 65.5 Å². The molecule has 0 radical (unpaired) electrons. The van der Waals surface area contributed by atoms with E-state index in [0.29, 0.717) is 42.5 Å². The molecule has 1 aliphatic heterocycles. The van der Waals surface area contributed by atoms with Crippen molar-refractivity contribution in [2.75, 3.05) is 36.4 Å². The molecule has 2 aromatic carbocycles. The maximum Gasteiger partial charge on any atom is 0.257 e. The minimum absolute atomic E-state index is 0.0670. The average Bonchev–Trinajstić information content (AvgIpc) is 2.80. The summed E-state index contributed by atoms with van der Waals surface area (Å²) in [6.07, 6.45) is 3.14. The third-order valence-corrected chi connectivity index (χ3v) is 5.72. The molecule has 2 amide bonds. The van der Waals surface area contributed by atoms with Crippen LogP contribution in [0.25, 0.3) is 0 Å². The summed E-state index contributed by atoms with van der Waals surface area (Å²) in [6.45, 7) is 4.60. The van der Waals surface area contributed by atoms with E-state index in [1.54, 1.807) is 24.4 Å². The summed E-state index contributed by atoms with van der Waals surface area (Å²) in [6, 6.07) is 16.6. The lowest BCUT2D eigenvalue weighted by atomic mass is 10.1. The molecule has 0 atom stereocenters. The Morgan fingerprint density at radius 3 is 2.45 bits per heavy atom. The molecule has 0 aliphatic carbocycles. The molecule has 1 aromatic heterocycles. The van der Waals surface area contributed by atoms with Gasteiger partial charge >= 0.3 is 0 Å². The zero-order valence-electron chi connectivity index (χ0n) is 17.2. The normalized spacial score (nSPS) is 13.7. The predicted octanol–water partition coefficient (Wildman–Crippen LogP) is 4.26. The van der Waals surface area contributed by atoms with Gasteiger partial charge in [0.15, 0.2) is 0 Å². The SMILES string of the molecule is Cc1ccccc1C(=O)N1CCN(c2ccc(NC(=O)c3cccnc3)cc2Cl)CC1. The van der Waals surface area contributed by atoms with Crippen molar-refractivity contribution in [2.24, 2.45) is 0 Å². The van der Waals surface area contributed by atoms with Gasteiger partial charge in [0.05, 0.1) is 16.3 Å². The third kappa shape index (κ3) is 4.70. The third-order valence-electron chi connectivity index (χ3n) is 5.41. The number of amides is 2. The lowest BCUT2D eigenvalue weighted by molar-refractivity contribution is 0.0746. The first-order valence-electron chi connectivity index (χ1n) is 10.1. The number of rotatable bonds is 4. The van der Waals surface area contributed by atoms with Crippen molar-refractivity contribution in [1.82, 2.24) is 9.88 Å². The zero-order chi connectivity index (χ0) is 21.8. The monoisotopic (exact) mass is 434 g/mol. The van der Waals surface area contributed by atoms with E-state index in [2.05, 4.69) is 15.2 Å². The number of nitrogens with zero attached hydrogens (tertiary/aromatic N) is 3. The van der Waals surface area contributed by atoms with Gasteiger partial charge in [-0.25, -0.2) is 0 Å².